The number of benzene rings is 2. The molecule has 1 aliphatic rings. The number of hydrogen-bond donors (Lipinski definition) is 2. The summed E-state index contributed by atoms with van der Waals surface area (Å²) in [6.07, 6.45) is -4.32. The van der Waals surface area contributed by atoms with Crippen molar-refractivity contribution >= 4 is 35.6 Å². The third kappa shape index (κ3) is 4.45. The van der Waals surface area contributed by atoms with Crippen molar-refractivity contribution in [3.63, 3.8) is 0 Å². The zero-order valence-corrected chi connectivity index (χ0v) is 14.3. The Balaban J connectivity index is 0.00000144. The lowest BCUT2D eigenvalue weighted by atomic mass is 9.99. The summed E-state index contributed by atoms with van der Waals surface area (Å²) in [5.41, 5.74) is 0.243. The maximum atomic E-state index is 13.6. The maximum Gasteiger partial charge on any atom is 0.408 e. The molecule has 0 unspecified atom stereocenters. The van der Waals surface area contributed by atoms with Crippen LogP contribution in [-0.4, -0.2) is 42.4 Å². The van der Waals surface area contributed by atoms with Crippen molar-refractivity contribution in [2.45, 2.75) is 12.2 Å². The quantitative estimate of drug-likeness (QED) is 0.826. The summed E-state index contributed by atoms with van der Waals surface area (Å²) >= 11 is 0. The SMILES string of the molecule is Cl.Cl.Oc1ccc2cc([C@@H](N3CCNCC3)C(F)(F)F)ccc2c1. The molecule has 134 valence electrons. The fraction of sp³-hybridized carbons (Fsp3) is 0.375. The molecule has 0 radical (unpaired) electrons. The molecule has 0 bridgehead atoms. The first-order chi connectivity index (χ1) is 10.4. The first-order valence-electron chi connectivity index (χ1n) is 7.19. The highest BCUT2D eigenvalue weighted by Crippen LogP contribution is 2.39. The molecule has 1 aliphatic heterocycles. The zero-order chi connectivity index (χ0) is 15.7. The van der Waals surface area contributed by atoms with E-state index in [9.17, 15) is 18.3 Å². The molecule has 3 rings (SSSR count). The summed E-state index contributed by atoms with van der Waals surface area (Å²) in [4.78, 5) is 1.47. The monoisotopic (exact) mass is 382 g/mol. The molecule has 24 heavy (non-hydrogen) atoms. The van der Waals surface area contributed by atoms with E-state index in [2.05, 4.69) is 5.32 Å². The van der Waals surface area contributed by atoms with Gasteiger partial charge in [0.1, 0.15) is 11.8 Å². The summed E-state index contributed by atoms with van der Waals surface area (Å²) in [7, 11) is 0. The molecule has 8 heteroatoms. The standard InChI is InChI=1S/C16H17F3N2O.2ClH/c17-16(18,19)15(21-7-5-20-6-8-21)13-2-1-12-10-14(22)4-3-11(12)9-13;;/h1-4,9-10,15,20,22H,5-8H2;2*1H/t15-;;/m1../s1. The third-order valence-electron chi connectivity index (χ3n) is 3.99. The number of alkyl halides is 3. The predicted octanol–water partition coefficient (Wildman–Crippen LogP) is 3.90. The van der Waals surface area contributed by atoms with E-state index in [1.54, 1.807) is 24.3 Å². The highest BCUT2D eigenvalue weighted by atomic mass is 35.5. The molecule has 2 N–H and O–H groups in total. The molecule has 2 aromatic rings. The Bertz CT molecular complexity index is 676. The van der Waals surface area contributed by atoms with Gasteiger partial charge in [-0.15, -0.1) is 24.8 Å². The van der Waals surface area contributed by atoms with Gasteiger partial charge in [-0.2, -0.15) is 13.2 Å². The third-order valence-corrected chi connectivity index (χ3v) is 3.99. The first kappa shape index (κ1) is 20.8. The van der Waals surface area contributed by atoms with Crippen molar-refractivity contribution in [3.05, 3.63) is 42.0 Å². The molecule has 2 aromatic carbocycles. The van der Waals surface area contributed by atoms with Crippen LogP contribution in [0, 0.1) is 0 Å². The van der Waals surface area contributed by atoms with Crippen molar-refractivity contribution in [1.29, 1.82) is 0 Å². The van der Waals surface area contributed by atoms with Crippen molar-refractivity contribution in [3.8, 4) is 5.75 Å². The van der Waals surface area contributed by atoms with Crippen LogP contribution in [0.3, 0.4) is 0 Å². The number of phenolic OH excluding ortho intramolecular Hbond substituents is 1. The zero-order valence-electron chi connectivity index (χ0n) is 12.7. The van der Waals surface area contributed by atoms with Gasteiger partial charge in [0.15, 0.2) is 0 Å². The van der Waals surface area contributed by atoms with Gasteiger partial charge < -0.3 is 10.4 Å². The normalized spacial score (nSPS) is 17.0. The number of piperazine rings is 1. The van der Waals surface area contributed by atoms with Gasteiger partial charge in [0, 0.05) is 26.2 Å². The summed E-state index contributed by atoms with van der Waals surface area (Å²) in [6, 6.07) is 7.78. The molecule has 1 saturated heterocycles. The Morgan fingerprint density at radius 2 is 1.54 bits per heavy atom. The number of phenols is 1. The molecule has 0 aromatic heterocycles. The Morgan fingerprint density at radius 1 is 0.958 bits per heavy atom. The van der Waals surface area contributed by atoms with Crippen molar-refractivity contribution < 1.29 is 18.3 Å². The summed E-state index contributed by atoms with van der Waals surface area (Å²) in [6.45, 7) is 1.87. The fourth-order valence-electron chi connectivity index (χ4n) is 2.97. The second-order valence-electron chi connectivity index (χ2n) is 5.52. The van der Waals surface area contributed by atoms with Crippen LogP contribution in [0.15, 0.2) is 36.4 Å². The molecule has 0 aliphatic carbocycles. The molecule has 3 nitrogen and oxygen atoms in total. The molecule has 0 saturated carbocycles. The Labute approximate surface area is 150 Å². The minimum Gasteiger partial charge on any atom is -0.508 e. The molecular weight excluding hydrogens is 364 g/mol. The predicted molar refractivity (Wildman–Crippen MR) is 93.3 cm³/mol. The Morgan fingerprint density at radius 3 is 2.17 bits per heavy atom. The van der Waals surface area contributed by atoms with E-state index in [0.29, 0.717) is 31.6 Å². The number of halogens is 5. The van der Waals surface area contributed by atoms with Crippen LogP contribution in [0.2, 0.25) is 0 Å². The van der Waals surface area contributed by atoms with Crippen LogP contribution in [-0.2, 0) is 0 Å². The molecule has 1 fully saturated rings. The van der Waals surface area contributed by atoms with Gasteiger partial charge in [0.25, 0.3) is 0 Å². The van der Waals surface area contributed by atoms with Crippen LogP contribution < -0.4 is 5.32 Å². The lowest BCUT2D eigenvalue weighted by Crippen LogP contribution is -2.49. The number of rotatable bonds is 2. The molecular formula is C16H19Cl2F3N2O. The van der Waals surface area contributed by atoms with E-state index in [1.807, 2.05) is 0 Å². The smallest absolute Gasteiger partial charge is 0.408 e. The van der Waals surface area contributed by atoms with E-state index < -0.39 is 12.2 Å². The number of nitrogens with zero attached hydrogens (tertiary/aromatic N) is 1. The van der Waals surface area contributed by atoms with E-state index in [0.717, 1.165) is 5.39 Å². The number of aromatic hydroxyl groups is 1. The fourth-order valence-corrected chi connectivity index (χ4v) is 2.97. The van der Waals surface area contributed by atoms with Gasteiger partial charge in [-0.25, -0.2) is 0 Å². The van der Waals surface area contributed by atoms with Gasteiger partial charge in [-0.3, -0.25) is 4.90 Å². The van der Waals surface area contributed by atoms with Crippen molar-refractivity contribution in [2.24, 2.45) is 0 Å². The van der Waals surface area contributed by atoms with Crippen molar-refractivity contribution in [2.75, 3.05) is 26.2 Å². The highest BCUT2D eigenvalue weighted by Gasteiger charge is 2.44. The number of hydrogen-bond acceptors (Lipinski definition) is 3. The van der Waals surface area contributed by atoms with E-state index in [1.165, 1.54) is 17.0 Å². The summed E-state index contributed by atoms with van der Waals surface area (Å²) < 4.78 is 40.7. The second kappa shape index (κ2) is 8.25. The van der Waals surface area contributed by atoms with Crippen LogP contribution in [0.25, 0.3) is 10.8 Å². The van der Waals surface area contributed by atoms with E-state index in [-0.39, 0.29) is 36.1 Å². The van der Waals surface area contributed by atoms with Gasteiger partial charge in [-0.1, -0.05) is 18.2 Å². The lowest BCUT2D eigenvalue weighted by Gasteiger charge is -2.36. The number of nitrogens with one attached hydrogen (secondary N) is 1. The van der Waals surface area contributed by atoms with Crippen LogP contribution in [0.1, 0.15) is 11.6 Å². The number of fused-ring (bicyclic) bond motifs is 1. The minimum absolute atomic E-state index is 0. The van der Waals surface area contributed by atoms with Gasteiger partial charge in [-0.05, 0) is 34.5 Å². The minimum atomic E-state index is -4.32. The summed E-state index contributed by atoms with van der Waals surface area (Å²) in [5, 5.41) is 13.9. The van der Waals surface area contributed by atoms with Gasteiger partial charge in [0.2, 0.25) is 0 Å². The van der Waals surface area contributed by atoms with Crippen LogP contribution in [0.5, 0.6) is 5.75 Å². The molecule has 1 heterocycles. The molecule has 1 atom stereocenters. The van der Waals surface area contributed by atoms with Crippen LogP contribution >= 0.6 is 24.8 Å². The highest BCUT2D eigenvalue weighted by molar-refractivity contribution is 5.86. The maximum absolute atomic E-state index is 13.6. The molecule has 0 spiro atoms. The van der Waals surface area contributed by atoms with Crippen molar-refractivity contribution in [1.82, 2.24) is 10.2 Å². The van der Waals surface area contributed by atoms with E-state index >= 15 is 0 Å². The van der Waals surface area contributed by atoms with E-state index in [4.69, 9.17) is 0 Å². The topological polar surface area (TPSA) is 35.5 Å². The second-order valence-corrected chi connectivity index (χ2v) is 5.52. The lowest BCUT2D eigenvalue weighted by molar-refractivity contribution is -0.187. The average Bonchev–Trinajstić information content (AvgIpc) is 2.47. The Kier molecular flexibility index (Phi) is 7.16. The summed E-state index contributed by atoms with van der Waals surface area (Å²) in [5.74, 6) is 0.106. The molecule has 0 amide bonds. The average molecular weight is 383 g/mol. The van der Waals surface area contributed by atoms with Gasteiger partial charge >= 0.3 is 6.18 Å². The largest absolute Gasteiger partial charge is 0.508 e. The first-order valence-corrected chi connectivity index (χ1v) is 7.19. The Hall–Kier alpha value is -1.21. The van der Waals surface area contributed by atoms with Gasteiger partial charge in [0.05, 0.1) is 0 Å². The van der Waals surface area contributed by atoms with Crippen LogP contribution in [0.4, 0.5) is 13.2 Å².